The normalized spacial score (nSPS) is 9.62. The van der Waals surface area contributed by atoms with Gasteiger partial charge in [0.2, 0.25) is 5.78 Å². The Balaban J connectivity index is 2.82. The average Bonchev–Trinajstić information content (AvgIpc) is 2.28. The van der Waals surface area contributed by atoms with Gasteiger partial charge in [0.1, 0.15) is 0 Å². The van der Waals surface area contributed by atoms with Gasteiger partial charge in [0.15, 0.2) is 0 Å². The van der Waals surface area contributed by atoms with Gasteiger partial charge in [-0.3, -0.25) is 9.59 Å². The van der Waals surface area contributed by atoms with Gasteiger partial charge in [-0.05, 0) is 31.2 Å². The first-order chi connectivity index (χ1) is 7.56. The van der Waals surface area contributed by atoms with E-state index in [-0.39, 0.29) is 12.2 Å². The minimum atomic E-state index is -1.18. The van der Waals surface area contributed by atoms with Crippen molar-refractivity contribution in [3.05, 3.63) is 34.9 Å². The molecule has 5 heteroatoms. The maximum atomic E-state index is 11.5. The zero-order valence-corrected chi connectivity index (χ0v) is 9.28. The summed E-state index contributed by atoms with van der Waals surface area (Å²) in [5, 5.41) is 0.445. The van der Waals surface area contributed by atoms with Crippen molar-refractivity contribution in [2.24, 2.45) is 0 Å². The van der Waals surface area contributed by atoms with Crippen LogP contribution in [0.4, 0.5) is 0 Å². The van der Waals surface area contributed by atoms with Crippen molar-refractivity contribution in [3.63, 3.8) is 0 Å². The zero-order chi connectivity index (χ0) is 12.1. The van der Waals surface area contributed by atoms with Crippen LogP contribution in [0.15, 0.2) is 24.3 Å². The van der Waals surface area contributed by atoms with Crippen molar-refractivity contribution in [1.29, 1.82) is 0 Å². The van der Waals surface area contributed by atoms with Crippen molar-refractivity contribution in [2.75, 3.05) is 6.61 Å². The Labute approximate surface area is 97.2 Å². The SMILES string of the molecule is CCOC(=O)C(=O)C(=O)c1ccc(Cl)cc1. The molecule has 0 bridgehead atoms. The highest BCUT2D eigenvalue weighted by Gasteiger charge is 2.25. The van der Waals surface area contributed by atoms with Gasteiger partial charge in [-0.1, -0.05) is 11.6 Å². The highest BCUT2D eigenvalue weighted by molar-refractivity contribution is 6.65. The summed E-state index contributed by atoms with van der Waals surface area (Å²) in [6.07, 6.45) is 0. The molecule has 0 aromatic heterocycles. The Morgan fingerprint density at radius 2 is 1.75 bits per heavy atom. The van der Waals surface area contributed by atoms with E-state index in [1.165, 1.54) is 24.3 Å². The van der Waals surface area contributed by atoms with Crippen LogP contribution >= 0.6 is 11.6 Å². The molecular weight excluding hydrogens is 232 g/mol. The summed E-state index contributed by atoms with van der Waals surface area (Å²) in [5.74, 6) is -3.21. The van der Waals surface area contributed by atoms with Crippen LogP contribution < -0.4 is 0 Å². The van der Waals surface area contributed by atoms with E-state index >= 15 is 0 Å². The number of hydrogen-bond donors (Lipinski definition) is 0. The van der Waals surface area contributed by atoms with E-state index in [4.69, 9.17) is 11.6 Å². The number of rotatable bonds is 4. The van der Waals surface area contributed by atoms with Gasteiger partial charge in [-0.25, -0.2) is 4.79 Å². The topological polar surface area (TPSA) is 60.4 Å². The molecule has 0 aliphatic rings. The van der Waals surface area contributed by atoms with Crippen LogP contribution in [0, 0.1) is 0 Å². The summed E-state index contributed by atoms with van der Waals surface area (Å²) in [7, 11) is 0. The van der Waals surface area contributed by atoms with Gasteiger partial charge in [-0.2, -0.15) is 0 Å². The summed E-state index contributed by atoms with van der Waals surface area (Å²) in [6, 6.07) is 5.68. The minimum absolute atomic E-state index is 0.0540. The number of ether oxygens (including phenoxy) is 1. The molecule has 0 heterocycles. The van der Waals surface area contributed by atoms with E-state index in [0.29, 0.717) is 5.02 Å². The zero-order valence-electron chi connectivity index (χ0n) is 8.53. The van der Waals surface area contributed by atoms with E-state index in [1.54, 1.807) is 6.92 Å². The first kappa shape index (κ1) is 12.4. The quantitative estimate of drug-likeness (QED) is 0.348. The fourth-order valence-electron chi connectivity index (χ4n) is 1.02. The largest absolute Gasteiger partial charge is 0.460 e. The molecular formula is C11H9ClO4. The molecule has 0 unspecified atom stereocenters. The highest BCUT2D eigenvalue weighted by Crippen LogP contribution is 2.10. The van der Waals surface area contributed by atoms with Crippen LogP contribution in [0.25, 0.3) is 0 Å². The maximum Gasteiger partial charge on any atom is 0.383 e. The summed E-state index contributed by atoms with van der Waals surface area (Å²) in [5.41, 5.74) is 0.113. The Morgan fingerprint density at radius 3 is 2.25 bits per heavy atom. The Bertz CT molecular complexity index is 422. The van der Waals surface area contributed by atoms with Crippen LogP contribution in [0.5, 0.6) is 0 Å². The molecule has 0 N–H and O–H groups in total. The monoisotopic (exact) mass is 240 g/mol. The molecule has 0 amide bonds. The molecule has 0 saturated carbocycles. The second-order valence-electron chi connectivity index (χ2n) is 2.89. The third kappa shape index (κ3) is 2.90. The van der Waals surface area contributed by atoms with Crippen molar-refractivity contribution < 1.29 is 19.1 Å². The van der Waals surface area contributed by atoms with Crippen LogP contribution in [-0.2, 0) is 14.3 Å². The lowest BCUT2D eigenvalue weighted by Crippen LogP contribution is -2.26. The summed E-state index contributed by atoms with van der Waals surface area (Å²) >= 11 is 5.62. The molecule has 1 aromatic rings. The van der Waals surface area contributed by atoms with Gasteiger partial charge in [0, 0.05) is 10.6 Å². The molecule has 0 aliphatic heterocycles. The molecule has 1 rings (SSSR count). The van der Waals surface area contributed by atoms with Crippen LogP contribution in [0.2, 0.25) is 5.02 Å². The lowest BCUT2D eigenvalue weighted by atomic mass is 10.1. The lowest BCUT2D eigenvalue weighted by molar-refractivity contribution is -0.151. The van der Waals surface area contributed by atoms with Crippen LogP contribution in [0.3, 0.4) is 0 Å². The summed E-state index contributed by atoms with van der Waals surface area (Å²) in [6.45, 7) is 1.61. The first-order valence-corrected chi connectivity index (χ1v) is 4.95. The molecule has 0 fully saturated rings. The van der Waals surface area contributed by atoms with Crippen molar-refractivity contribution >= 4 is 29.1 Å². The van der Waals surface area contributed by atoms with Gasteiger partial charge < -0.3 is 4.74 Å². The van der Waals surface area contributed by atoms with E-state index in [9.17, 15) is 14.4 Å². The van der Waals surface area contributed by atoms with Crippen LogP contribution in [0.1, 0.15) is 17.3 Å². The average molecular weight is 241 g/mol. The van der Waals surface area contributed by atoms with Gasteiger partial charge in [-0.15, -0.1) is 0 Å². The number of ketones is 2. The number of benzene rings is 1. The van der Waals surface area contributed by atoms with Crippen molar-refractivity contribution in [2.45, 2.75) is 6.92 Å². The van der Waals surface area contributed by atoms with E-state index in [2.05, 4.69) is 4.74 Å². The van der Waals surface area contributed by atoms with Crippen LogP contribution in [-0.4, -0.2) is 24.1 Å². The second kappa shape index (κ2) is 5.42. The molecule has 16 heavy (non-hydrogen) atoms. The standard InChI is InChI=1S/C11H9ClO4/c1-2-16-11(15)10(14)9(13)7-3-5-8(12)6-4-7/h3-6H,2H2,1H3. The molecule has 0 radical (unpaired) electrons. The number of Topliss-reactive ketones (excluding diaryl/α,β-unsaturated/α-hetero) is 2. The highest BCUT2D eigenvalue weighted by atomic mass is 35.5. The van der Waals surface area contributed by atoms with Gasteiger partial charge in [0.05, 0.1) is 6.61 Å². The van der Waals surface area contributed by atoms with Gasteiger partial charge in [0.25, 0.3) is 0 Å². The van der Waals surface area contributed by atoms with Crippen molar-refractivity contribution in [1.82, 2.24) is 0 Å². The first-order valence-electron chi connectivity index (χ1n) is 4.57. The molecule has 1 aromatic carbocycles. The molecule has 0 spiro atoms. The molecule has 0 atom stereocenters. The summed E-state index contributed by atoms with van der Waals surface area (Å²) < 4.78 is 4.43. The number of hydrogen-bond acceptors (Lipinski definition) is 4. The number of carbonyl (C=O) groups excluding carboxylic acids is 3. The number of carbonyl (C=O) groups is 3. The van der Waals surface area contributed by atoms with E-state index in [1.807, 2.05) is 0 Å². The maximum absolute atomic E-state index is 11.5. The summed E-state index contributed by atoms with van der Waals surface area (Å²) in [4.78, 5) is 33.7. The molecule has 0 saturated heterocycles. The molecule has 4 nitrogen and oxygen atoms in total. The lowest BCUT2D eigenvalue weighted by Gasteiger charge is -2.00. The fourth-order valence-corrected chi connectivity index (χ4v) is 1.15. The minimum Gasteiger partial charge on any atom is -0.460 e. The molecule has 0 aliphatic carbocycles. The third-order valence-electron chi connectivity index (χ3n) is 1.77. The fraction of sp³-hybridized carbons (Fsp3) is 0.182. The van der Waals surface area contributed by atoms with E-state index < -0.39 is 17.5 Å². The smallest absolute Gasteiger partial charge is 0.383 e. The predicted molar refractivity (Wildman–Crippen MR) is 57.4 cm³/mol. The van der Waals surface area contributed by atoms with E-state index in [0.717, 1.165) is 0 Å². The third-order valence-corrected chi connectivity index (χ3v) is 2.03. The predicted octanol–water partition coefficient (Wildman–Crippen LogP) is 1.65. The Kier molecular flexibility index (Phi) is 4.19. The molecule has 84 valence electrons. The number of halogens is 1. The Hall–Kier alpha value is -1.68. The number of esters is 1. The second-order valence-corrected chi connectivity index (χ2v) is 3.32. The van der Waals surface area contributed by atoms with Crippen molar-refractivity contribution in [3.8, 4) is 0 Å². The van der Waals surface area contributed by atoms with Gasteiger partial charge >= 0.3 is 11.8 Å². The Morgan fingerprint density at radius 1 is 1.19 bits per heavy atom.